The molecule has 106 valence electrons. The van der Waals surface area contributed by atoms with Gasteiger partial charge in [0.2, 0.25) is 0 Å². The number of benzene rings is 1. The third kappa shape index (κ3) is 6.84. The summed E-state index contributed by atoms with van der Waals surface area (Å²) in [7, 11) is 0. The summed E-state index contributed by atoms with van der Waals surface area (Å²) >= 11 is 1.42. The first-order valence-electron chi connectivity index (χ1n) is 4.95. The van der Waals surface area contributed by atoms with Crippen LogP contribution in [-0.4, -0.2) is 17.5 Å². The summed E-state index contributed by atoms with van der Waals surface area (Å²) in [5, 5.41) is 0. The molecular weight excluding hydrogens is 447 g/mol. The molecule has 5 heteroatoms. The van der Waals surface area contributed by atoms with Crippen LogP contribution in [0, 0.1) is 25.1 Å². The number of aromatic nitrogens is 1. The van der Waals surface area contributed by atoms with Crippen LogP contribution in [0.3, 0.4) is 0 Å². The minimum absolute atomic E-state index is 0. The number of pyridine rings is 1. The number of hydrogen-bond acceptors (Lipinski definition) is 1. The molecule has 0 unspecified atom stereocenters. The standard InChI is InChI=1S/C11H6F2N.C2H6S.CH3.Pt/c12-8-4-5-9(10(13)7-8)11-3-1-2-6-14-11;1-3-2;;/h1-4,6-7H;1-2H3;1H3;/q-1;;-1;+2/p+1. The number of thiol groups is 1. The second kappa shape index (κ2) is 11.1. The van der Waals surface area contributed by atoms with Crippen LogP contribution in [0.2, 0.25) is 0 Å². The quantitative estimate of drug-likeness (QED) is 0.359. The van der Waals surface area contributed by atoms with E-state index in [0.29, 0.717) is 5.69 Å². The third-order valence-electron chi connectivity index (χ3n) is 1.78. The van der Waals surface area contributed by atoms with E-state index in [1.165, 1.54) is 11.8 Å². The average molecular weight is 463 g/mol. The predicted molar refractivity (Wildman–Crippen MR) is 75.4 cm³/mol. The zero-order valence-electron chi connectivity index (χ0n) is 10.9. The van der Waals surface area contributed by atoms with E-state index in [9.17, 15) is 8.78 Å². The number of rotatable bonds is 1. The normalized spacial score (nSPS) is 8.42. The summed E-state index contributed by atoms with van der Waals surface area (Å²) < 4.78 is 25.8. The first-order chi connectivity index (χ1) is 8.19. The molecule has 0 aliphatic carbocycles. The number of halogens is 2. The third-order valence-corrected chi connectivity index (χ3v) is 1.78. The van der Waals surface area contributed by atoms with Crippen LogP contribution in [0.1, 0.15) is 0 Å². The fourth-order valence-corrected chi connectivity index (χ4v) is 1.15. The van der Waals surface area contributed by atoms with Crippen molar-refractivity contribution in [3.8, 4) is 11.3 Å². The average Bonchev–Trinajstić information content (AvgIpc) is 2.31. The maximum Gasteiger partial charge on any atom is 2.00 e. The zero-order valence-corrected chi connectivity index (χ0v) is 14.1. The zero-order chi connectivity index (χ0) is 12.7. The van der Waals surface area contributed by atoms with E-state index in [1.807, 2.05) is 0 Å². The molecule has 0 radical (unpaired) electrons. The first kappa shape index (κ1) is 20.6. The van der Waals surface area contributed by atoms with Gasteiger partial charge in [-0.2, -0.15) is 0 Å². The van der Waals surface area contributed by atoms with Crippen molar-refractivity contribution >= 4 is 11.8 Å². The van der Waals surface area contributed by atoms with E-state index in [1.54, 1.807) is 24.4 Å². The molecule has 0 aliphatic rings. The van der Waals surface area contributed by atoms with Crippen molar-refractivity contribution in [2.24, 2.45) is 0 Å². The van der Waals surface area contributed by atoms with Gasteiger partial charge >= 0.3 is 21.1 Å². The van der Waals surface area contributed by atoms with Gasteiger partial charge in [0.05, 0.1) is 12.5 Å². The maximum absolute atomic E-state index is 13.2. The molecule has 0 spiro atoms. The van der Waals surface area contributed by atoms with Crippen LogP contribution >= 0.6 is 0 Å². The molecule has 19 heavy (non-hydrogen) atoms. The summed E-state index contributed by atoms with van der Waals surface area (Å²) in [6.07, 6.45) is 5.74. The fraction of sp³-hybridized carbons (Fsp3) is 0.143. The Bertz CT molecular complexity index is 466. The largest absolute Gasteiger partial charge is 2.00 e. The topological polar surface area (TPSA) is 12.9 Å². The van der Waals surface area contributed by atoms with Crippen LogP contribution in [0.15, 0.2) is 36.5 Å². The van der Waals surface area contributed by atoms with E-state index in [-0.39, 0.29) is 34.1 Å². The van der Waals surface area contributed by atoms with Gasteiger partial charge in [-0.25, -0.2) is 0 Å². The van der Waals surface area contributed by atoms with Crippen molar-refractivity contribution < 1.29 is 29.8 Å². The molecule has 1 aromatic heterocycles. The summed E-state index contributed by atoms with van der Waals surface area (Å²) in [6.45, 7) is 0. The van der Waals surface area contributed by atoms with Crippen LogP contribution < -0.4 is 0 Å². The monoisotopic (exact) mass is 463 g/mol. The van der Waals surface area contributed by atoms with Gasteiger partial charge in [0.1, 0.15) is 0 Å². The van der Waals surface area contributed by atoms with Crippen LogP contribution in [-0.2, 0) is 32.8 Å². The van der Waals surface area contributed by atoms with Crippen molar-refractivity contribution in [3.05, 3.63) is 61.7 Å². The van der Waals surface area contributed by atoms with Gasteiger partial charge < -0.3 is 12.4 Å². The van der Waals surface area contributed by atoms with E-state index in [4.69, 9.17) is 0 Å². The van der Waals surface area contributed by atoms with Crippen molar-refractivity contribution in [1.29, 1.82) is 0 Å². The molecule has 2 aromatic rings. The predicted octanol–water partition coefficient (Wildman–Crippen LogP) is 3.34. The molecule has 0 saturated heterocycles. The Morgan fingerprint density at radius 2 is 1.84 bits per heavy atom. The second-order valence-corrected chi connectivity index (χ2v) is 4.10. The Labute approximate surface area is 132 Å². The van der Waals surface area contributed by atoms with Gasteiger partial charge in [-0.15, -0.1) is 12.1 Å². The van der Waals surface area contributed by atoms with Crippen molar-refractivity contribution in [2.45, 2.75) is 0 Å². The summed E-state index contributed by atoms with van der Waals surface area (Å²) in [4.78, 5) is 3.95. The van der Waals surface area contributed by atoms with Crippen LogP contribution in [0.25, 0.3) is 11.3 Å². The molecule has 0 bridgehead atoms. The van der Waals surface area contributed by atoms with Crippen LogP contribution in [0.4, 0.5) is 8.78 Å². The molecular formula is C14H16F2NPtS+. The van der Waals surface area contributed by atoms with E-state index in [2.05, 4.69) is 23.6 Å². The molecule has 0 aliphatic heterocycles. The van der Waals surface area contributed by atoms with E-state index >= 15 is 0 Å². The summed E-state index contributed by atoms with van der Waals surface area (Å²) in [5.74, 6) is -1.29. The molecule has 0 fully saturated rings. The minimum Gasteiger partial charge on any atom is -0.358 e. The molecule has 0 atom stereocenters. The Morgan fingerprint density at radius 1 is 1.21 bits per heavy atom. The Kier molecular flexibility index (Phi) is 12.1. The van der Waals surface area contributed by atoms with Gasteiger partial charge in [0.15, 0.2) is 0 Å². The maximum atomic E-state index is 13.2. The van der Waals surface area contributed by atoms with Crippen molar-refractivity contribution in [1.82, 2.24) is 4.98 Å². The van der Waals surface area contributed by atoms with Crippen molar-refractivity contribution in [2.75, 3.05) is 12.5 Å². The Hall–Kier alpha value is -0.732. The number of nitrogens with zero attached hydrogens (tertiary/aromatic N) is 1. The van der Waals surface area contributed by atoms with Gasteiger partial charge in [0, 0.05) is 17.8 Å². The minimum atomic E-state index is -0.649. The summed E-state index contributed by atoms with van der Waals surface area (Å²) in [6, 6.07) is 9.53. The second-order valence-electron chi connectivity index (χ2n) is 3.20. The van der Waals surface area contributed by atoms with Gasteiger partial charge in [0.25, 0.3) is 0 Å². The molecule has 0 N–H and O–H groups in total. The van der Waals surface area contributed by atoms with E-state index < -0.39 is 11.6 Å². The van der Waals surface area contributed by atoms with Crippen LogP contribution in [0.5, 0.6) is 0 Å². The van der Waals surface area contributed by atoms with Gasteiger partial charge in [-0.3, -0.25) is 8.78 Å². The fourth-order valence-electron chi connectivity index (χ4n) is 1.15. The molecule has 0 amide bonds. The molecule has 1 aromatic carbocycles. The Morgan fingerprint density at radius 3 is 2.32 bits per heavy atom. The number of hydrogen-bond donors (Lipinski definition) is 0. The Balaban J connectivity index is 0. The van der Waals surface area contributed by atoms with E-state index in [0.717, 1.165) is 12.1 Å². The van der Waals surface area contributed by atoms with Gasteiger partial charge in [-0.05, 0) is 23.5 Å². The molecule has 1 nitrogen and oxygen atoms in total. The molecule has 1 heterocycles. The van der Waals surface area contributed by atoms with Crippen molar-refractivity contribution in [3.63, 3.8) is 0 Å². The summed E-state index contributed by atoms with van der Waals surface area (Å²) in [5.41, 5.74) is 0.636. The first-order valence-corrected chi connectivity index (χ1v) is 6.74. The molecule has 0 saturated carbocycles. The molecule has 2 rings (SSSR count). The smallest absolute Gasteiger partial charge is 0.358 e. The SMILES string of the molecule is C[SH+]C.Fc1c[c-]c(-c2ccccn2)c(F)c1.[CH3-].[Pt+2]. The van der Waals surface area contributed by atoms with Gasteiger partial charge in [-0.1, -0.05) is 23.8 Å².